The van der Waals surface area contributed by atoms with Crippen LogP contribution in [0, 0.1) is 23.6 Å². The van der Waals surface area contributed by atoms with Crippen molar-refractivity contribution in [3.63, 3.8) is 0 Å². The number of halogens is 1. The molecule has 1 aliphatic carbocycles. The van der Waals surface area contributed by atoms with Crippen molar-refractivity contribution < 1.29 is 18.7 Å². The van der Waals surface area contributed by atoms with Gasteiger partial charge in [0.05, 0.1) is 6.20 Å². The molecule has 2 aromatic rings. The molecule has 31 heavy (non-hydrogen) atoms. The Morgan fingerprint density at radius 3 is 2.84 bits per heavy atom. The number of anilines is 1. The Morgan fingerprint density at radius 1 is 1.32 bits per heavy atom. The lowest BCUT2D eigenvalue weighted by Gasteiger charge is -2.21. The Hall–Kier alpha value is -3.56. The van der Waals surface area contributed by atoms with Gasteiger partial charge in [-0.2, -0.15) is 4.98 Å². The summed E-state index contributed by atoms with van der Waals surface area (Å²) in [4.78, 5) is 36.4. The number of nitrogens with two attached hydrogens (primary N) is 1. The quantitative estimate of drug-likeness (QED) is 0.568. The Kier molecular flexibility index (Phi) is 6.06. The molecule has 1 saturated carbocycles. The standard InChI is InChI=1S/C21H23FN6O3/c22-17-9-26-21(31-12-18(23)29)27-20(17)28-10-15-14(16(15)11-28)5-7-25-19(30)4-3-13-2-1-6-24-8-13/h1-4,6,8-9,14-16H,5,7,10-12H2,(H2,23,29)(H,25,30)/b4-3+/t14-,15-,16+. The molecule has 3 N–H and O–H groups in total. The first kappa shape index (κ1) is 20.7. The monoisotopic (exact) mass is 426 g/mol. The van der Waals surface area contributed by atoms with Crippen molar-refractivity contribution in [2.45, 2.75) is 6.42 Å². The predicted molar refractivity (Wildman–Crippen MR) is 110 cm³/mol. The third-order valence-corrected chi connectivity index (χ3v) is 5.61. The second kappa shape index (κ2) is 9.07. The van der Waals surface area contributed by atoms with Gasteiger partial charge in [-0.15, -0.1) is 0 Å². The molecule has 0 radical (unpaired) electrons. The SMILES string of the molecule is NC(=O)COc1ncc(F)c(N2C[C@@H]3[C@@H](CCNC(=O)/C=C/c4cccnc4)[C@@H]3C2)n1. The van der Waals surface area contributed by atoms with Gasteiger partial charge in [-0.1, -0.05) is 6.07 Å². The van der Waals surface area contributed by atoms with E-state index in [0.717, 1.165) is 18.2 Å². The maximum absolute atomic E-state index is 14.2. The molecule has 0 spiro atoms. The van der Waals surface area contributed by atoms with E-state index in [-0.39, 0.29) is 24.3 Å². The number of piperidine rings is 1. The number of hydrogen-bond donors (Lipinski definition) is 2. The molecule has 4 rings (SSSR count). The second-order valence-corrected chi connectivity index (χ2v) is 7.68. The van der Waals surface area contributed by atoms with Crippen LogP contribution in [0.15, 0.2) is 36.8 Å². The van der Waals surface area contributed by atoms with Crippen LogP contribution in [0.2, 0.25) is 0 Å². The van der Waals surface area contributed by atoms with Gasteiger partial charge in [0.1, 0.15) is 0 Å². The van der Waals surface area contributed by atoms with Crippen LogP contribution in [-0.2, 0) is 9.59 Å². The van der Waals surface area contributed by atoms with E-state index in [1.165, 1.54) is 6.08 Å². The average molecular weight is 426 g/mol. The minimum absolute atomic E-state index is 0.0747. The lowest BCUT2D eigenvalue weighted by atomic mass is 10.2. The molecule has 2 amide bonds. The number of nitrogens with one attached hydrogen (secondary N) is 1. The highest BCUT2D eigenvalue weighted by Crippen LogP contribution is 2.54. The Labute approximate surface area is 178 Å². The van der Waals surface area contributed by atoms with E-state index in [9.17, 15) is 14.0 Å². The van der Waals surface area contributed by atoms with Gasteiger partial charge in [0.25, 0.3) is 5.91 Å². The molecule has 1 saturated heterocycles. The third-order valence-electron chi connectivity index (χ3n) is 5.61. The van der Waals surface area contributed by atoms with Gasteiger partial charge in [-0.05, 0) is 41.9 Å². The van der Waals surface area contributed by atoms with Crippen molar-refractivity contribution in [2.75, 3.05) is 31.1 Å². The number of pyridine rings is 1. The summed E-state index contributed by atoms with van der Waals surface area (Å²) >= 11 is 0. The number of fused-ring (bicyclic) bond motifs is 1. The lowest BCUT2D eigenvalue weighted by Crippen LogP contribution is -2.28. The van der Waals surface area contributed by atoms with Crippen molar-refractivity contribution in [1.29, 1.82) is 0 Å². The largest absolute Gasteiger partial charge is 0.453 e. The van der Waals surface area contributed by atoms with E-state index in [1.807, 2.05) is 17.0 Å². The van der Waals surface area contributed by atoms with Gasteiger partial charge in [-0.3, -0.25) is 14.6 Å². The Balaban J connectivity index is 1.21. The molecule has 2 aromatic heterocycles. The minimum Gasteiger partial charge on any atom is -0.453 e. The number of carbonyl (C=O) groups excluding carboxylic acids is 2. The molecule has 0 bridgehead atoms. The molecular formula is C21H23FN6O3. The fraction of sp³-hybridized carbons (Fsp3) is 0.381. The summed E-state index contributed by atoms with van der Waals surface area (Å²) < 4.78 is 19.2. The van der Waals surface area contributed by atoms with Gasteiger partial charge in [-0.25, -0.2) is 9.37 Å². The number of aromatic nitrogens is 3. The van der Waals surface area contributed by atoms with Crippen LogP contribution in [0.5, 0.6) is 6.01 Å². The summed E-state index contributed by atoms with van der Waals surface area (Å²) in [7, 11) is 0. The van der Waals surface area contributed by atoms with Crippen LogP contribution in [0.3, 0.4) is 0 Å². The molecule has 3 heterocycles. The molecule has 1 aliphatic heterocycles. The number of ether oxygens (including phenoxy) is 1. The van der Waals surface area contributed by atoms with E-state index in [0.29, 0.717) is 37.4 Å². The minimum atomic E-state index is -0.653. The smallest absolute Gasteiger partial charge is 0.319 e. The fourth-order valence-electron chi connectivity index (χ4n) is 4.09. The van der Waals surface area contributed by atoms with Crippen LogP contribution in [0.4, 0.5) is 10.2 Å². The summed E-state index contributed by atoms with van der Waals surface area (Å²) in [5, 5.41) is 2.90. The number of carbonyl (C=O) groups is 2. The zero-order chi connectivity index (χ0) is 21.8. The highest BCUT2D eigenvalue weighted by Gasteiger charge is 2.55. The summed E-state index contributed by atoms with van der Waals surface area (Å²) in [6.45, 7) is 1.61. The first-order valence-electron chi connectivity index (χ1n) is 10.1. The summed E-state index contributed by atoms with van der Waals surface area (Å²) in [5.74, 6) is 0.266. The van der Waals surface area contributed by atoms with Crippen LogP contribution in [0.1, 0.15) is 12.0 Å². The average Bonchev–Trinajstić information content (AvgIpc) is 3.21. The summed E-state index contributed by atoms with van der Waals surface area (Å²) in [6, 6.07) is 3.62. The van der Waals surface area contributed by atoms with Crippen LogP contribution >= 0.6 is 0 Å². The van der Waals surface area contributed by atoms with Crippen molar-refractivity contribution >= 4 is 23.7 Å². The van der Waals surface area contributed by atoms with Crippen LogP contribution in [0.25, 0.3) is 6.08 Å². The molecule has 162 valence electrons. The molecule has 9 nitrogen and oxygen atoms in total. The lowest BCUT2D eigenvalue weighted by molar-refractivity contribution is -0.120. The van der Waals surface area contributed by atoms with Crippen LogP contribution in [-0.4, -0.2) is 53.0 Å². The summed E-state index contributed by atoms with van der Waals surface area (Å²) in [5.41, 5.74) is 5.91. The molecular weight excluding hydrogens is 403 g/mol. The van der Waals surface area contributed by atoms with Gasteiger partial charge in [0.15, 0.2) is 18.2 Å². The van der Waals surface area contributed by atoms with Gasteiger partial charge >= 0.3 is 6.01 Å². The maximum Gasteiger partial charge on any atom is 0.319 e. The first-order valence-corrected chi connectivity index (χ1v) is 10.1. The third kappa shape index (κ3) is 5.14. The van der Waals surface area contributed by atoms with Crippen molar-refractivity contribution in [1.82, 2.24) is 20.3 Å². The molecule has 0 unspecified atom stereocenters. The highest BCUT2D eigenvalue weighted by atomic mass is 19.1. The Bertz CT molecular complexity index is 974. The fourth-order valence-corrected chi connectivity index (χ4v) is 4.09. The normalized spacial score (nSPS) is 21.7. The van der Waals surface area contributed by atoms with Gasteiger partial charge in [0, 0.05) is 38.1 Å². The van der Waals surface area contributed by atoms with E-state index in [2.05, 4.69) is 20.3 Å². The topological polar surface area (TPSA) is 123 Å². The number of amides is 2. The second-order valence-electron chi connectivity index (χ2n) is 7.68. The zero-order valence-corrected chi connectivity index (χ0v) is 16.8. The van der Waals surface area contributed by atoms with Crippen molar-refractivity contribution in [3.8, 4) is 6.01 Å². The maximum atomic E-state index is 14.2. The van der Waals surface area contributed by atoms with Gasteiger partial charge in [0.2, 0.25) is 5.91 Å². The first-order chi connectivity index (χ1) is 15.0. The van der Waals surface area contributed by atoms with E-state index in [1.54, 1.807) is 18.5 Å². The van der Waals surface area contributed by atoms with Crippen molar-refractivity contribution in [2.24, 2.45) is 23.5 Å². The molecule has 0 aromatic carbocycles. The van der Waals surface area contributed by atoms with E-state index < -0.39 is 11.7 Å². The molecule has 3 atom stereocenters. The number of nitrogens with zero attached hydrogens (tertiary/aromatic N) is 4. The number of primary amides is 1. The van der Waals surface area contributed by atoms with Crippen molar-refractivity contribution in [3.05, 3.63) is 48.2 Å². The molecule has 2 fully saturated rings. The highest BCUT2D eigenvalue weighted by molar-refractivity contribution is 5.91. The zero-order valence-electron chi connectivity index (χ0n) is 16.8. The number of rotatable bonds is 9. The molecule has 10 heteroatoms. The Morgan fingerprint density at radius 2 is 2.13 bits per heavy atom. The predicted octanol–water partition coefficient (Wildman–Crippen LogP) is 0.777. The van der Waals surface area contributed by atoms with E-state index >= 15 is 0 Å². The van der Waals surface area contributed by atoms with Crippen LogP contribution < -0.4 is 20.7 Å². The summed E-state index contributed by atoms with van der Waals surface area (Å²) in [6.07, 6.45) is 8.52. The number of hydrogen-bond acceptors (Lipinski definition) is 7. The van der Waals surface area contributed by atoms with E-state index in [4.69, 9.17) is 10.5 Å². The van der Waals surface area contributed by atoms with Gasteiger partial charge < -0.3 is 20.7 Å². The molecule has 2 aliphatic rings.